The van der Waals surface area contributed by atoms with Crippen LogP contribution in [0.4, 0.5) is 18.0 Å². The quantitative estimate of drug-likeness (QED) is 0.556. The number of aliphatic carboxylic acids is 1. The van der Waals surface area contributed by atoms with Crippen LogP contribution < -0.4 is 15.4 Å². The highest BCUT2D eigenvalue weighted by atomic mass is 19.4. The minimum absolute atomic E-state index is 0.137. The van der Waals surface area contributed by atoms with Crippen molar-refractivity contribution in [2.24, 2.45) is 0 Å². The Morgan fingerprint density at radius 1 is 1.10 bits per heavy atom. The lowest BCUT2D eigenvalue weighted by atomic mass is 10.1. The average molecular weight is 420 g/mol. The minimum atomic E-state index is -5.17. The maximum atomic E-state index is 12.3. The number of rotatable bonds is 8. The van der Waals surface area contributed by atoms with Gasteiger partial charge >= 0.3 is 24.1 Å². The predicted octanol–water partition coefficient (Wildman–Crippen LogP) is 2.26. The lowest BCUT2D eigenvalue weighted by molar-refractivity contribution is -0.175. The fourth-order valence-corrected chi connectivity index (χ4v) is 2.03. The molecule has 1 aromatic carbocycles. The molecule has 0 aliphatic rings. The van der Waals surface area contributed by atoms with Crippen LogP contribution in [0.1, 0.15) is 26.3 Å². The highest BCUT2D eigenvalue weighted by molar-refractivity contribution is 5.87. The van der Waals surface area contributed by atoms with Crippen LogP contribution in [0.5, 0.6) is 5.75 Å². The number of carboxylic acid groups (broad SMARTS) is 1. The molecule has 0 aliphatic heterocycles. The van der Waals surface area contributed by atoms with E-state index in [2.05, 4.69) is 5.32 Å². The monoisotopic (exact) mass is 420 g/mol. The molecule has 8 nitrogen and oxygen atoms in total. The first kappa shape index (κ1) is 24.1. The number of hydrogen-bond donors (Lipinski definition) is 3. The fraction of sp³-hybridized carbons (Fsp3) is 0.500. The van der Waals surface area contributed by atoms with Crippen molar-refractivity contribution in [3.05, 3.63) is 29.8 Å². The van der Waals surface area contributed by atoms with E-state index in [1.54, 1.807) is 20.8 Å². The second-order valence-electron chi connectivity index (χ2n) is 6.99. The Hall–Kier alpha value is -2.98. The molecule has 1 unspecified atom stereocenters. The molecule has 3 N–H and O–H groups in total. The largest absolute Gasteiger partial charge is 0.492 e. The summed E-state index contributed by atoms with van der Waals surface area (Å²) in [6, 6.07) is 4.19. The zero-order chi connectivity index (χ0) is 22.2. The molecule has 0 spiro atoms. The number of alkyl carbamates (subject to hydrolysis) is 1. The van der Waals surface area contributed by atoms with Crippen molar-refractivity contribution < 1.29 is 42.1 Å². The molecule has 1 aromatic rings. The molecular formula is C18H23F3N2O6. The Kier molecular flexibility index (Phi) is 8.28. The number of carboxylic acids is 1. The van der Waals surface area contributed by atoms with Crippen molar-refractivity contribution in [1.82, 2.24) is 10.6 Å². The Morgan fingerprint density at radius 2 is 1.69 bits per heavy atom. The standard InChI is InChI=1S/C18H23F3N2O6/c1-17(2,3)29-16(27)22-8-9-28-12-6-4-11(5-7-12)10-13(14(24)25)23-15(26)18(19,20)21/h4-7,13H,8-10H2,1-3H3,(H,22,27)(H,23,26)(H,24,25). The molecule has 1 atom stereocenters. The Labute approximate surface area is 165 Å². The van der Waals surface area contributed by atoms with Gasteiger partial charge in [-0.2, -0.15) is 13.2 Å². The third-order valence-corrected chi connectivity index (χ3v) is 3.26. The molecule has 0 bridgehead atoms. The van der Waals surface area contributed by atoms with Crippen molar-refractivity contribution in [2.45, 2.75) is 45.0 Å². The van der Waals surface area contributed by atoms with Crippen LogP contribution in [0.15, 0.2) is 24.3 Å². The number of hydrogen-bond acceptors (Lipinski definition) is 5. The van der Waals surface area contributed by atoms with Crippen molar-refractivity contribution in [1.29, 1.82) is 0 Å². The van der Waals surface area contributed by atoms with E-state index in [9.17, 15) is 27.6 Å². The normalized spacial score (nSPS) is 12.6. The molecular weight excluding hydrogens is 397 g/mol. The summed E-state index contributed by atoms with van der Waals surface area (Å²) in [5.74, 6) is -3.50. The number of carbonyl (C=O) groups excluding carboxylic acids is 2. The van der Waals surface area contributed by atoms with E-state index in [1.165, 1.54) is 29.6 Å². The molecule has 0 saturated heterocycles. The second-order valence-corrected chi connectivity index (χ2v) is 6.99. The third kappa shape index (κ3) is 9.67. The number of halogens is 3. The molecule has 2 amide bonds. The summed E-state index contributed by atoms with van der Waals surface area (Å²) < 4.78 is 47.3. The summed E-state index contributed by atoms with van der Waals surface area (Å²) in [5, 5.41) is 13.0. The Bertz CT molecular complexity index is 714. The van der Waals surface area contributed by atoms with Crippen LogP contribution in [-0.2, 0) is 20.7 Å². The summed E-state index contributed by atoms with van der Waals surface area (Å²) in [6.07, 6.45) is -6.09. The summed E-state index contributed by atoms with van der Waals surface area (Å²) in [6.45, 7) is 5.51. The molecule has 0 fully saturated rings. The SMILES string of the molecule is CC(C)(C)OC(=O)NCCOc1ccc(CC(NC(=O)C(F)(F)F)C(=O)O)cc1. The first-order chi connectivity index (χ1) is 13.3. The van der Waals surface area contributed by atoms with Gasteiger partial charge in [0.15, 0.2) is 0 Å². The van der Waals surface area contributed by atoms with Crippen LogP contribution in [-0.4, -0.2) is 54.0 Å². The van der Waals surface area contributed by atoms with Gasteiger partial charge in [0, 0.05) is 6.42 Å². The summed E-state index contributed by atoms with van der Waals surface area (Å²) in [7, 11) is 0. The number of nitrogens with one attached hydrogen (secondary N) is 2. The van der Waals surface area contributed by atoms with Gasteiger partial charge in [-0.15, -0.1) is 0 Å². The summed E-state index contributed by atoms with van der Waals surface area (Å²) in [5.41, 5.74) is -0.229. The van der Waals surface area contributed by atoms with E-state index in [0.29, 0.717) is 11.3 Å². The lowest BCUT2D eigenvalue weighted by Gasteiger charge is -2.19. The molecule has 0 heterocycles. The van der Waals surface area contributed by atoms with E-state index >= 15 is 0 Å². The van der Waals surface area contributed by atoms with E-state index < -0.39 is 35.8 Å². The van der Waals surface area contributed by atoms with E-state index in [4.69, 9.17) is 14.6 Å². The summed E-state index contributed by atoms with van der Waals surface area (Å²) in [4.78, 5) is 33.5. The van der Waals surface area contributed by atoms with Gasteiger partial charge in [0.2, 0.25) is 0 Å². The number of alkyl halides is 3. The van der Waals surface area contributed by atoms with Gasteiger partial charge in [0.1, 0.15) is 24.0 Å². The zero-order valence-electron chi connectivity index (χ0n) is 16.1. The first-order valence-corrected chi connectivity index (χ1v) is 8.57. The van der Waals surface area contributed by atoms with E-state index in [0.717, 1.165) is 0 Å². The van der Waals surface area contributed by atoms with Crippen molar-refractivity contribution in [3.8, 4) is 5.75 Å². The van der Waals surface area contributed by atoms with Crippen molar-refractivity contribution in [2.75, 3.05) is 13.2 Å². The molecule has 0 aliphatic carbocycles. The van der Waals surface area contributed by atoms with Gasteiger partial charge in [0.05, 0.1) is 6.54 Å². The predicted molar refractivity (Wildman–Crippen MR) is 95.5 cm³/mol. The van der Waals surface area contributed by atoms with Crippen molar-refractivity contribution >= 4 is 18.0 Å². The molecule has 1 rings (SSSR count). The number of carbonyl (C=O) groups is 3. The van der Waals surface area contributed by atoms with Gasteiger partial charge in [-0.1, -0.05) is 12.1 Å². The Morgan fingerprint density at radius 3 is 2.17 bits per heavy atom. The average Bonchev–Trinajstić information content (AvgIpc) is 2.56. The molecule has 0 saturated carbocycles. The lowest BCUT2D eigenvalue weighted by Crippen LogP contribution is -2.47. The highest BCUT2D eigenvalue weighted by Gasteiger charge is 2.40. The third-order valence-electron chi connectivity index (χ3n) is 3.26. The summed E-state index contributed by atoms with van der Waals surface area (Å²) >= 11 is 0. The first-order valence-electron chi connectivity index (χ1n) is 8.57. The molecule has 0 aromatic heterocycles. The molecule has 11 heteroatoms. The maximum Gasteiger partial charge on any atom is 0.471 e. The molecule has 0 radical (unpaired) electrons. The van der Waals surface area contributed by atoms with Crippen LogP contribution in [0.3, 0.4) is 0 Å². The van der Waals surface area contributed by atoms with Crippen molar-refractivity contribution in [3.63, 3.8) is 0 Å². The topological polar surface area (TPSA) is 114 Å². The van der Waals surface area contributed by atoms with Crippen LogP contribution in [0, 0.1) is 0 Å². The van der Waals surface area contributed by atoms with Crippen LogP contribution in [0.25, 0.3) is 0 Å². The second kappa shape index (κ2) is 9.99. The zero-order valence-corrected chi connectivity index (χ0v) is 16.1. The maximum absolute atomic E-state index is 12.3. The number of benzene rings is 1. The van der Waals surface area contributed by atoms with Gasteiger partial charge < -0.3 is 25.2 Å². The van der Waals surface area contributed by atoms with Gasteiger partial charge in [-0.05, 0) is 38.5 Å². The molecule has 29 heavy (non-hydrogen) atoms. The van der Waals surface area contributed by atoms with Crippen LogP contribution >= 0.6 is 0 Å². The Balaban J connectivity index is 2.50. The highest BCUT2D eigenvalue weighted by Crippen LogP contribution is 2.17. The number of ether oxygens (including phenoxy) is 2. The number of amides is 2. The molecule has 162 valence electrons. The van der Waals surface area contributed by atoms with E-state index in [1.807, 2.05) is 0 Å². The minimum Gasteiger partial charge on any atom is -0.492 e. The van der Waals surface area contributed by atoms with Gasteiger partial charge in [0.25, 0.3) is 0 Å². The van der Waals surface area contributed by atoms with Gasteiger partial charge in [-0.25, -0.2) is 9.59 Å². The smallest absolute Gasteiger partial charge is 0.471 e. The van der Waals surface area contributed by atoms with E-state index in [-0.39, 0.29) is 19.6 Å². The van der Waals surface area contributed by atoms with Gasteiger partial charge in [-0.3, -0.25) is 4.79 Å². The fourth-order valence-electron chi connectivity index (χ4n) is 2.03. The van der Waals surface area contributed by atoms with Crippen LogP contribution in [0.2, 0.25) is 0 Å².